The number of hydrogen-bond acceptors (Lipinski definition) is 6. The number of aliphatic hydroxyl groups excluding tert-OH is 2. The second-order valence-corrected chi connectivity index (χ2v) is 3.51. The van der Waals surface area contributed by atoms with Gasteiger partial charge in [0.25, 0.3) is 5.69 Å². The second kappa shape index (κ2) is 6.54. The standard InChI is InChI=1S/C11H13N3O4/c12-8-9-1-2-10(11(7-9)14(17)18)13(3-5-15)4-6-16/h1-2,7,15-16H,3-6H2. The normalized spacial score (nSPS) is 9.83. The summed E-state index contributed by atoms with van der Waals surface area (Å²) < 4.78 is 0. The van der Waals surface area contributed by atoms with E-state index in [9.17, 15) is 10.1 Å². The summed E-state index contributed by atoms with van der Waals surface area (Å²) in [5.74, 6) is 0. The number of benzene rings is 1. The number of nitriles is 1. The van der Waals surface area contributed by atoms with Gasteiger partial charge in [-0.15, -0.1) is 0 Å². The van der Waals surface area contributed by atoms with Gasteiger partial charge in [0.1, 0.15) is 5.69 Å². The molecule has 0 fully saturated rings. The smallest absolute Gasteiger partial charge is 0.293 e. The molecule has 0 aliphatic heterocycles. The molecule has 0 radical (unpaired) electrons. The van der Waals surface area contributed by atoms with Crippen molar-refractivity contribution in [1.29, 1.82) is 5.26 Å². The fraction of sp³-hybridized carbons (Fsp3) is 0.364. The molecule has 0 unspecified atom stereocenters. The number of nitrogens with zero attached hydrogens (tertiary/aromatic N) is 3. The number of rotatable bonds is 6. The van der Waals surface area contributed by atoms with Crippen molar-refractivity contribution in [1.82, 2.24) is 0 Å². The molecule has 7 heteroatoms. The van der Waals surface area contributed by atoms with Crippen molar-refractivity contribution >= 4 is 11.4 Å². The van der Waals surface area contributed by atoms with Crippen LogP contribution in [-0.2, 0) is 0 Å². The summed E-state index contributed by atoms with van der Waals surface area (Å²) in [5.41, 5.74) is 0.261. The molecule has 0 spiro atoms. The summed E-state index contributed by atoms with van der Waals surface area (Å²) in [6.07, 6.45) is 0. The van der Waals surface area contributed by atoms with Crippen LogP contribution in [0.25, 0.3) is 0 Å². The zero-order valence-corrected chi connectivity index (χ0v) is 9.61. The first-order chi connectivity index (χ1) is 8.63. The zero-order valence-electron chi connectivity index (χ0n) is 9.61. The largest absolute Gasteiger partial charge is 0.395 e. The predicted molar refractivity (Wildman–Crippen MR) is 64.2 cm³/mol. The summed E-state index contributed by atoms with van der Waals surface area (Å²) in [4.78, 5) is 11.9. The SMILES string of the molecule is N#Cc1ccc(N(CCO)CCO)c([N+](=O)[O-])c1. The highest BCUT2D eigenvalue weighted by molar-refractivity contribution is 5.65. The first-order valence-corrected chi connectivity index (χ1v) is 5.29. The van der Waals surface area contributed by atoms with Crippen molar-refractivity contribution in [3.8, 4) is 6.07 Å². The first-order valence-electron chi connectivity index (χ1n) is 5.29. The molecule has 0 aromatic heterocycles. The second-order valence-electron chi connectivity index (χ2n) is 3.51. The Bertz CT molecular complexity index is 464. The van der Waals surface area contributed by atoms with Crippen molar-refractivity contribution in [2.75, 3.05) is 31.2 Å². The highest BCUT2D eigenvalue weighted by Crippen LogP contribution is 2.28. The van der Waals surface area contributed by atoms with Crippen molar-refractivity contribution in [2.45, 2.75) is 0 Å². The Hall–Kier alpha value is -2.17. The molecule has 0 amide bonds. The van der Waals surface area contributed by atoms with Crippen LogP contribution in [0.1, 0.15) is 5.56 Å². The molecule has 1 rings (SSSR count). The molecule has 1 aromatic rings. The minimum atomic E-state index is -0.585. The van der Waals surface area contributed by atoms with Gasteiger partial charge in [-0.1, -0.05) is 0 Å². The van der Waals surface area contributed by atoms with E-state index in [2.05, 4.69) is 0 Å². The molecule has 0 bridgehead atoms. The van der Waals surface area contributed by atoms with E-state index in [4.69, 9.17) is 15.5 Å². The van der Waals surface area contributed by atoms with Gasteiger partial charge in [-0.05, 0) is 12.1 Å². The van der Waals surface area contributed by atoms with Gasteiger partial charge >= 0.3 is 0 Å². The first kappa shape index (κ1) is 13.9. The van der Waals surface area contributed by atoms with Crippen LogP contribution in [0.15, 0.2) is 18.2 Å². The maximum Gasteiger partial charge on any atom is 0.293 e. The predicted octanol–water partition coefficient (Wildman–Crippen LogP) is 0.257. The number of anilines is 1. The summed E-state index contributed by atoms with van der Waals surface area (Å²) in [5, 5.41) is 37.5. The maximum atomic E-state index is 10.9. The van der Waals surface area contributed by atoms with Crippen molar-refractivity contribution in [3.05, 3.63) is 33.9 Å². The van der Waals surface area contributed by atoms with E-state index in [0.717, 1.165) is 0 Å². The van der Waals surface area contributed by atoms with Crippen LogP contribution < -0.4 is 4.90 Å². The Balaban J connectivity index is 3.20. The zero-order chi connectivity index (χ0) is 13.5. The summed E-state index contributed by atoms with van der Waals surface area (Å²) in [6, 6.07) is 5.92. The average Bonchev–Trinajstić information content (AvgIpc) is 2.37. The lowest BCUT2D eigenvalue weighted by Gasteiger charge is -2.22. The molecule has 18 heavy (non-hydrogen) atoms. The molecule has 0 aliphatic rings. The number of nitro benzene ring substituents is 1. The Labute approximate surface area is 104 Å². The van der Waals surface area contributed by atoms with Crippen LogP contribution in [0, 0.1) is 21.4 Å². The molecule has 7 nitrogen and oxygen atoms in total. The molecular formula is C11H13N3O4. The fourth-order valence-corrected chi connectivity index (χ4v) is 1.60. The Morgan fingerprint density at radius 2 is 1.94 bits per heavy atom. The minimum Gasteiger partial charge on any atom is -0.395 e. The lowest BCUT2D eigenvalue weighted by atomic mass is 10.1. The van der Waals surface area contributed by atoms with Crippen molar-refractivity contribution in [2.24, 2.45) is 0 Å². The lowest BCUT2D eigenvalue weighted by Crippen LogP contribution is -2.30. The van der Waals surface area contributed by atoms with Gasteiger partial charge in [-0.3, -0.25) is 10.1 Å². The number of hydrogen-bond donors (Lipinski definition) is 2. The third kappa shape index (κ3) is 3.16. The molecule has 0 saturated carbocycles. The summed E-state index contributed by atoms with van der Waals surface area (Å²) in [7, 11) is 0. The van der Waals surface area contributed by atoms with Gasteiger partial charge in [0.05, 0.1) is 29.8 Å². The van der Waals surface area contributed by atoms with Gasteiger partial charge in [0.15, 0.2) is 0 Å². The highest BCUT2D eigenvalue weighted by Gasteiger charge is 2.19. The number of aliphatic hydroxyl groups is 2. The minimum absolute atomic E-state index is 0.174. The highest BCUT2D eigenvalue weighted by atomic mass is 16.6. The third-order valence-electron chi connectivity index (χ3n) is 2.38. The van der Waals surface area contributed by atoms with E-state index in [-0.39, 0.29) is 43.2 Å². The molecule has 96 valence electrons. The molecule has 0 atom stereocenters. The van der Waals surface area contributed by atoms with Crippen LogP contribution in [0.5, 0.6) is 0 Å². The van der Waals surface area contributed by atoms with Crippen LogP contribution in [0.4, 0.5) is 11.4 Å². The molecule has 0 heterocycles. The van der Waals surface area contributed by atoms with Crippen LogP contribution >= 0.6 is 0 Å². The van der Waals surface area contributed by atoms with E-state index < -0.39 is 4.92 Å². The van der Waals surface area contributed by atoms with Gasteiger partial charge in [0, 0.05) is 19.2 Å². The average molecular weight is 251 g/mol. The summed E-state index contributed by atoms with van der Waals surface area (Å²) >= 11 is 0. The van der Waals surface area contributed by atoms with Crippen LogP contribution in [0.3, 0.4) is 0 Å². The van der Waals surface area contributed by atoms with Crippen LogP contribution in [0.2, 0.25) is 0 Å². The van der Waals surface area contributed by atoms with Gasteiger partial charge in [-0.25, -0.2) is 0 Å². The summed E-state index contributed by atoms with van der Waals surface area (Å²) in [6.45, 7) is -0.0189. The third-order valence-corrected chi connectivity index (χ3v) is 2.38. The van der Waals surface area contributed by atoms with E-state index in [1.54, 1.807) is 0 Å². The molecule has 0 saturated heterocycles. The maximum absolute atomic E-state index is 10.9. The molecule has 0 aliphatic carbocycles. The van der Waals surface area contributed by atoms with E-state index in [1.165, 1.54) is 23.1 Å². The van der Waals surface area contributed by atoms with Crippen molar-refractivity contribution < 1.29 is 15.1 Å². The quantitative estimate of drug-likeness (QED) is 0.554. The number of nitro groups is 1. The monoisotopic (exact) mass is 251 g/mol. The van der Waals surface area contributed by atoms with Crippen LogP contribution in [-0.4, -0.2) is 41.4 Å². The van der Waals surface area contributed by atoms with Gasteiger partial charge < -0.3 is 15.1 Å². The van der Waals surface area contributed by atoms with Crippen molar-refractivity contribution in [3.63, 3.8) is 0 Å². The van der Waals surface area contributed by atoms with E-state index >= 15 is 0 Å². The van der Waals surface area contributed by atoms with E-state index in [0.29, 0.717) is 0 Å². The lowest BCUT2D eigenvalue weighted by molar-refractivity contribution is -0.384. The molecular weight excluding hydrogens is 238 g/mol. The Kier molecular flexibility index (Phi) is 5.05. The van der Waals surface area contributed by atoms with E-state index in [1.807, 2.05) is 6.07 Å². The van der Waals surface area contributed by atoms with Gasteiger partial charge in [-0.2, -0.15) is 5.26 Å². The fourth-order valence-electron chi connectivity index (χ4n) is 1.60. The van der Waals surface area contributed by atoms with Gasteiger partial charge in [0.2, 0.25) is 0 Å². The molecule has 1 aromatic carbocycles. The molecule has 2 N–H and O–H groups in total. The topological polar surface area (TPSA) is 111 Å². The Morgan fingerprint density at radius 3 is 2.39 bits per heavy atom. The Morgan fingerprint density at radius 1 is 1.33 bits per heavy atom.